The van der Waals surface area contributed by atoms with Crippen LogP contribution in [0.3, 0.4) is 0 Å². The molecular formula is C8H12O2. The fourth-order valence-electron chi connectivity index (χ4n) is 1.10. The van der Waals surface area contributed by atoms with Crippen LogP contribution in [0.2, 0.25) is 0 Å². The van der Waals surface area contributed by atoms with Gasteiger partial charge in [-0.05, 0) is 19.3 Å². The lowest BCUT2D eigenvalue weighted by molar-refractivity contribution is -0.142. The van der Waals surface area contributed by atoms with E-state index in [0.717, 1.165) is 6.42 Å². The Morgan fingerprint density at radius 3 is 2.90 bits per heavy atom. The first-order chi connectivity index (χ1) is 4.79. The molecule has 1 fully saturated rings. The molecule has 0 bridgehead atoms. The largest absolute Gasteiger partial charge is 0.469 e. The third-order valence-electron chi connectivity index (χ3n) is 1.78. The molecule has 0 N–H and O–H groups in total. The van der Waals surface area contributed by atoms with E-state index in [1.54, 1.807) is 0 Å². The van der Waals surface area contributed by atoms with Gasteiger partial charge in [0.1, 0.15) is 0 Å². The maximum atomic E-state index is 10.8. The van der Waals surface area contributed by atoms with Crippen LogP contribution >= 0.6 is 0 Å². The summed E-state index contributed by atoms with van der Waals surface area (Å²) >= 11 is 0. The minimum absolute atomic E-state index is 0.0666. The Morgan fingerprint density at radius 2 is 2.40 bits per heavy atom. The summed E-state index contributed by atoms with van der Waals surface area (Å²) in [5.74, 6) is 0.543. The van der Waals surface area contributed by atoms with Crippen molar-refractivity contribution in [2.24, 2.45) is 11.8 Å². The smallest absolute Gasteiger partial charge is 0.309 e. The predicted octanol–water partition coefficient (Wildman–Crippen LogP) is 1.37. The Morgan fingerprint density at radius 1 is 1.70 bits per heavy atom. The van der Waals surface area contributed by atoms with Crippen molar-refractivity contribution in [1.82, 2.24) is 0 Å². The zero-order valence-electron chi connectivity index (χ0n) is 6.33. The second-order valence-corrected chi connectivity index (χ2v) is 2.55. The van der Waals surface area contributed by atoms with Crippen molar-refractivity contribution in [3.63, 3.8) is 0 Å². The molecule has 56 valence electrons. The molecule has 1 aliphatic rings. The van der Waals surface area contributed by atoms with E-state index >= 15 is 0 Å². The summed E-state index contributed by atoms with van der Waals surface area (Å²) in [6.07, 6.45) is 5.01. The summed E-state index contributed by atoms with van der Waals surface area (Å²) in [7, 11) is 1.44. The van der Waals surface area contributed by atoms with Gasteiger partial charge >= 0.3 is 5.97 Å². The molecule has 10 heavy (non-hydrogen) atoms. The van der Waals surface area contributed by atoms with Crippen LogP contribution in [0, 0.1) is 11.8 Å². The summed E-state index contributed by atoms with van der Waals surface area (Å²) in [6, 6.07) is 0. The van der Waals surface area contributed by atoms with Crippen LogP contribution in [0.15, 0.2) is 12.2 Å². The maximum absolute atomic E-state index is 10.8. The number of hydrogen-bond acceptors (Lipinski definition) is 2. The van der Waals surface area contributed by atoms with Crippen LogP contribution in [0.1, 0.15) is 13.3 Å². The summed E-state index contributed by atoms with van der Waals surface area (Å²) < 4.78 is 4.58. The molecule has 0 aromatic heterocycles. The highest BCUT2D eigenvalue weighted by molar-refractivity contribution is 5.76. The number of carbonyl (C=O) groups excluding carboxylic acids is 1. The lowest BCUT2D eigenvalue weighted by Crippen LogP contribution is -2.03. The zero-order chi connectivity index (χ0) is 7.56. The molecule has 0 radical (unpaired) electrons. The lowest BCUT2D eigenvalue weighted by Gasteiger charge is -1.92. The average Bonchev–Trinajstić information content (AvgIpc) is 2.67. The van der Waals surface area contributed by atoms with Crippen LogP contribution < -0.4 is 0 Å². The number of carbonyl (C=O) groups is 1. The van der Waals surface area contributed by atoms with Gasteiger partial charge < -0.3 is 4.74 Å². The summed E-state index contributed by atoms with van der Waals surface area (Å²) in [6.45, 7) is 1.96. The van der Waals surface area contributed by atoms with Crippen molar-refractivity contribution in [2.45, 2.75) is 13.3 Å². The fraction of sp³-hybridized carbons (Fsp3) is 0.625. The normalized spacial score (nSPS) is 30.6. The van der Waals surface area contributed by atoms with Crippen molar-refractivity contribution in [2.75, 3.05) is 7.11 Å². The van der Waals surface area contributed by atoms with E-state index in [-0.39, 0.29) is 11.9 Å². The highest BCUT2D eigenvalue weighted by atomic mass is 16.5. The van der Waals surface area contributed by atoms with Crippen molar-refractivity contribution >= 4 is 5.97 Å². The van der Waals surface area contributed by atoms with E-state index in [9.17, 15) is 4.79 Å². The molecule has 2 heteroatoms. The monoisotopic (exact) mass is 140 g/mol. The van der Waals surface area contributed by atoms with Crippen molar-refractivity contribution in [1.29, 1.82) is 0 Å². The van der Waals surface area contributed by atoms with Crippen molar-refractivity contribution < 1.29 is 9.53 Å². The number of rotatable bonds is 2. The van der Waals surface area contributed by atoms with Crippen LogP contribution in [-0.4, -0.2) is 13.1 Å². The second kappa shape index (κ2) is 2.86. The average molecular weight is 140 g/mol. The van der Waals surface area contributed by atoms with E-state index in [4.69, 9.17) is 0 Å². The minimum atomic E-state index is -0.0666. The lowest BCUT2D eigenvalue weighted by atomic mass is 10.3. The Labute approximate surface area is 60.9 Å². The van der Waals surface area contributed by atoms with E-state index in [2.05, 4.69) is 10.8 Å². The first-order valence-corrected chi connectivity index (χ1v) is 3.50. The summed E-state index contributed by atoms with van der Waals surface area (Å²) in [5, 5.41) is 0. The molecule has 2 nitrogen and oxygen atoms in total. The molecule has 2 atom stereocenters. The van der Waals surface area contributed by atoms with E-state index < -0.39 is 0 Å². The van der Waals surface area contributed by atoms with Gasteiger partial charge in [-0.2, -0.15) is 0 Å². The number of allylic oxidation sites excluding steroid dienone is 2. The molecule has 2 unspecified atom stereocenters. The first kappa shape index (κ1) is 7.32. The molecule has 1 aliphatic carbocycles. The van der Waals surface area contributed by atoms with Gasteiger partial charge in [0.05, 0.1) is 13.0 Å². The van der Waals surface area contributed by atoms with E-state index in [1.807, 2.05) is 13.0 Å². The molecule has 0 aromatic rings. The topological polar surface area (TPSA) is 26.3 Å². The summed E-state index contributed by atoms with van der Waals surface area (Å²) in [4.78, 5) is 10.8. The van der Waals surface area contributed by atoms with Crippen LogP contribution in [0.5, 0.6) is 0 Å². The van der Waals surface area contributed by atoms with E-state index in [1.165, 1.54) is 7.11 Å². The molecule has 1 saturated carbocycles. The molecule has 0 aliphatic heterocycles. The van der Waals surface area contributed by atoms with E-state index in [0.29, 0.717) is 5.92 Å². The van der Waals surface area contributed by atoms with Gasteiger partial charge in [0.25, 0.3) is 0 Å². The minimum Gasteiger partial charge on any atom is -0.469 e. The van der Waals surface area contributed by atoms with Gasteiger partial charge in [-0.1, -0.05) is 12.2 Å². The third-order valence-corrected chi connectivity index (χ3v) is 1.78. The zero-order valence-corrected chi connectivity index (χ0v) is 6.33. The molecule has 0 aromatic carbocycles. The van der Waals surface area contributed by atoms with Gasteiger partial charge in [-0.25, -0.2) is 0 Å². The molecule has 0 amide bonds. The standard InChI is InChI=1S/C8H12O2/c1-3-4-6-5-7(6)8(9)10-2/h3-4,6-7H,5H2,1-2H3/b4-3+. The van der Waals surface area contributed by atoms with Crippen molar-refractivity contribution in [3.05, 3.63) is 12.2 Å². The maximum Gasteiger partial charge on any atom is 0.309 e. The van der Waals surface area contributed by atoms with Gasteiger partial charge in [0.2, 0.25) is 0 Å². The van der Waals surface area contributed by atoms with Crippen LogP contribution in [-0.2, 0) is 9.53 Å². The molecule has 0 spiro atoms. The highest BCUT2D eigenvalue weighted by Crippen LogP contribution is 2.40. The number of hydrogen-bond donors (Lipinski definition) is 0. The third kappa shape index (κ3) is 1.38. The molecule has 0 saturated heterocycles. The molecule has 1 rings (SSSR count). The Hall–Kier alpha value is -0.790. The Balaban J connectivity index is 2.31. The van der Waals surface area contributed by atoms with Crippen LogP contribution in [0.25, 0.3) is 0 Å². The number of ether oxygens (including phenoxy) is 1. The second-order valence-electron chi connectivity index (χ2n) is 2.55. The molecule has 0 heterocycles. The van der Waals surface area contributed by atoms with Crippen molar-refractivity contribution in [3.8, 4) is 0 Å². The van der Waals surface area contributed by atoms with Gasteiger partial charge in [-0.15, -0.1) is 0 Å². The quantitative estimate of drug-likeness (QED) is 0.427. The first-order valence-electron chi connectivity index (χ1n) is 3.50. The van der Waals surface area contributed by atoms with Gasteiger partial charge in [0, 0.05) is 0 Å². The number of esters is 1. The highest BCUT2D eigenvalue weighted by Gasteiger charge is 2.41. The molecular weight excluding hydrogens is 128 g/mol. The van der Waals surface area contributed by atoms with Crippen LogP contribution in [0.4, 0.5) is 0 Å². The predicted molar refractivity (Wildman–Crippen MR) is 38.4 cm³/mol. The Kier molecular flexibility index (Phi) is 2.10. The van der Waals surface area contributed by atoms with Gasteiger partial charge in [-0.3, -0.25) is 4.79 Å². The van der Waals surface area contributed by atoms with Gasteiger partial charge in [0.15, 0.2) is 0 Å². The Bertz CT molecular complexity index is 161. The SMILES string of the molecule is C/C=C/C1CC1C(=O)OC. The number of methoxy groups -OCH3 is 1. The summed E-state index contributed by atoms with van der Waals surface area (Å²) in [5.41, 5.74) is 0. The fourth-order valence-corrected chi connectivity index (χ4v) is 1.10.